The number of aliphatic hydroxyl groups is 1. The van der Waals surface area contributed by atoms with E-state index in [1.165, 1.54) is 0 Å². The second-order valence-corrected chi connectivity index (χ2v) is 4.28. The Morgan fingerprint density at radius 1 is 1.44 bits per heavy atom. The lowest BCUT2D eigenvalue weighted by Crippen LogP contribution is -2.02. The van der Waals surface area contributed by atoms with Gasteiger partial charge in [0.2, 0.25) is 0 Å². The number of benzene rings is 1. The molecule has 0 bridgehead atoms. The number of aliphatic hydroxyl groups excluding tert-OH is 1. The van der Waals surface area contributed by atoms with Crippen molar-refractivity contribution < 1.29 is 9.84 Å². The Balaban J connectivity index is 2.38. The van der Waals surface area contributed by atoms with E-state index in [0.29, 0.717) is 5.75 Å². The van der Waals surface area contributed by atoms with Crippen LogP contribution in [0.2, 0.25) is 0 Å². The Morgan fingerprint density at radius 3 is 2.83 bits per heavy atom. The van der Waals surface area contributed by atoms with E-state index in [9.17, 15) is 5.11 Å². The molecule has 2 rings (SSSR count). The van der Waals surface area contributed by atoms with Gasteiger partial charge in [-0.15, -0.1) is 0 Å². The molecule has 4 heteroatoms. The number of methoxy groups -OCH3 is 1. The molecule has 1 heterocycles. The number of ether oxygens (including phenoxy) is 1. The molecule has 0 saturated carbocycles. The summed E-state index contributed by atoms with van der Waals surface area (Å²) in [5.41, 5.74) is 2.64. The van der Waals surface area contributed by atoms with Gasteiger partial charge in [0.15, 0.2) is 0 Å². The van der Waals surface area contributed by atoms with Crippen molar-refractivity contribution in [2.45, 2.75) is 26.5 Å². The van der Waals surface area contributed by atoms with Crippen molar-refractivity contribution >= 4 is 0 Å². The standard InChI is InChI=1S/C14H18N2O2/c1-4-16-9-11(8-15-16)14(17)12-7-10(2)5-6-13(12)18-3/h5-9,14,17H,4H2,1-3H3. The fourth-order valence-corrected chi connectivity index (χ4v) is 1.94. The van der Waals surface area contributed by atoms with Crippen LogP contribution in [-0.2, 0) is 6.54 Å². The zero-order chi connectivity index (χ0) is 13.1. The molecular formula is C14H18N2O2. The number of nitrogens with zero attached hydrogens (tertiary/aromatic N) is 2. The van der Waals surface area contributed by atoms with Crippen molar-refractivity contribution in [3.8, 4) is 5.75 Å². The van der Waals surface area contributed by atoms with Gasteiger partial charge in [0.25, 0.3) is 0 Å². The number of hydrogen-bond donors (Lipinski definition) is 1. The second kappa shape index (κ2) is 5.23. The summed E-state index contributed by atoms with van der Waals surface area (Å²) >= 11 is 0. The quantitative estimate of drug-likeness (QED) is 0.900. The zero-order valence-electron chi connectivity index (χ0n) is 10.9. The van der Waals surface area contributed by atoms with Crippen molar-refractivity contribution in [2.24, 2.45) is 0 Å². The summed E-state index contributed by atoms with van der Waals surface area (Å²) in [5.74, 6) is 0.692. The summed E-state index contributed by atoms with van der Waals surface area (Å²) in [4.78, 5) is 0. The highest BCUT2D eigenvalue weighted by molar-refractivity contribution is 5.41. The molecule has 1 unspecified atom stereocenters. The van der Waals surface area contributed by atoms with E-state index in [0.717, 1.165) is 23.2 Å². The summed E-state index contributed by atoms with van der Waals surface area (Å²) in [7, 11) is 1.61. The molecule has 0 aliphatic heterocycles. The maximum absolute atomic E-state index is 10.4. The summed E-state index contributed by atoms with van der Waals surface area (Å²) in [6.45, 7) is 4.79. The minimum atomic E-state index is -0.708. The van der Waals surface area contributed by atoms with Crippen molar-refractivity contribution in [2.75, 3.05) is 7.11 Å². The molecule has 18 heavy (non-hydrogen) atoms. The Hall–Kier alpha value is -1.81. The molecule has 0 saturated heterocycles. The molecule has 0 radical (unpaired) electrons. The largest absolute Gasteiger partial charge is 0.496 e. The first-order valence-corrected chi connectivity index (χ1v) is 6.00. The predicted molar refractivity (Wildman–Crippen MR) is 69.7 cm³/mol. The van der Waals surface area contributed by atoms with Gasteiger partial charge >= 0.3 is 0 Å². The zero-order valence-corrected chi connectivity index (χ0v) is 10.9. The maximum atomic E-state index is 10.4. The molecular weight excluding hydrogens is 228 g/mol. The third kappa shape index (κ3) is 2.38. The van der Waals surface area contributed by atoms with Gasteiger partial charge in [-0.3, -0.25) is 4.68 Å². The summed E-state index contributed by atoms with van der Waals surface area (Å²) in [6.07, 6.45) is 2.84. The van der Waals surface area contributed by atoms with Gasteiger partial charge in [0.1, 0.15) is 11.9 Å². The highest BCUT2D eigenvalue weighted by Gasteiger charge is 2.17. The van der Waals surface area contributed by atoms with E-state index in [4.69, 9.17) is 4.74 Å². The van der Waals surface area contributed by atoms with Gasteiger partial charge in [0.05, 0.1) is 13.3 Å². The molecule has 0 aliphatic carbocycles. The number of rotatable bonds is 4. The van der Waals surface area contributed by atoms with Crippen LogP contribution in [0.1, 0.15) is 29.7 Å². The van der Waals surface area contributed by atoms with Crippen molar-refractivity contribution in [3.63, 3.8) is 0 Å². The van der Waals surface area contributed by atoms with Crippen LogP contribution >= 0.6 is 0 Å². The summed E-state index contributed by atoms with van der Waals surface area (Å²) in [5, 5.41) is 14.6. The highest BCUT2D eigenvalue weighted by Crippen LogP contribution is 2.30. The van der Waals surface area contributed by atoms with Crippen LogP contribution in [0.25, 0.3) is 0 Å². The molecule has 0 fully saturated rings. The van der Waals surface area contributed by atoms with Crippen molar-refractivity contribution in [1.82, 2.24) is 9.78 Å². The lowest BCUT2D eigenvalue weighted by Gasteiger charge is -2.14. The molecule has 1 aromatic heterocycles. The van der Waals surface area contributed by atoms with E-state index in [2.05, 4.69) is 5.10 Å². The van der Waals surface area contributed by atoms with E-state index in [1.54, 1.807) is 18.0 Å². The molecule has 0 spiro atoms. The van der Waals surface area contributed by atoms with Crippen molar-refractivity contribution in [1.29, 1.82) is 0 Å². The Morgan fingerprint density at radius 2 is 2.22 bits per heavy atom. The van der Waals surface area contributed by atoms with Gasteiger partial charge in [0, 0.05) is 23.9 Å². The molecule has 2 aromatic rings. The predicted octanol–water partition coefficient (Wildman–Crippen LogP) is 2.30. The van der Waals surface area contributed by atoms with E-state index < -0.39 is 6.10 Å². The van der Waals surface area contributed by atoms with Crippen LogP contribution in [0.3, 0.4) is 0 Å². The average molecular weight is 246 g/mol. The van der Waals surface area contributed by atoms with Gasteiger partial charge in [-0.2, -0.15) is 5.10 Å². The molecule has 0 amide bonds. The van der Waals surface area contributed by atoms with Crippen LogP contribution in [0.15, 0.2) is 30.6 Å². The minimum Gasteiger partial charge on any atom is -0.496 e. The molecule has 1 N–H and O–H groups in total. The van der Waals surface area contributed by atoms with Crippen LogP contribution in [0.5, 0.6) is 5.75 Å². The SMILES string of the molecule is CCn1cc(C(O)c2cc(C)ccc2OC)cn1. The Kier molecular flexibility index (Phi) is 3.67. The molecule has 96 valence electrons. The number of aromatic nitrogens is 2. The fourth-order valence-electron chi connectivity index (χ4n) is 1.94. The molecule has 4 nitrogen and oxygen atoms in total. The first-order chi connectivity index (χ1) is 8.65. The number of hydrogen-bond acceptors (Lipinski definition) is 3. The first-order valence-electron chi connectivity index (χ1n) is 6.00. The maximum Gasteiger partial charge on any atom is 0.125 e. The van der Waals surface area contributed by atoms with Gasteiger partial charge in [-0.1, -0.05) is 11.6 Å². The molecule has 1 aromatic carbocycles. The highest BCUT2D eigenvalue weighted by atomic mass is 16.5. The van der Waals surface area contributed by atoms with Crippen LogP contribution in [-0.4, -0.2) is 22.0 Å². The monoisotopic (exact) mass is 246 g/mol. The van der Waals surface area contributed by atoms with Gasteiger partial charge < -0.3 is 9.84 Å². The molecule has 0 aliphatic rings. The lowest BCUT2D eigenvalue weighted by atomic mass is 10.0. The minimum absolute atomic E-state index is 0.692. The molecule has 1 atom stereocenters. The number of aryl methyl sites for hydroxylation is 2. The van der Waals surface area contributed by atoms with E-state index in [1.807, 2.05) is 38.2 Å². The average Bonchev–Trinajstić information content (AvgIpc) is 2.86. The smallest absolute Gasteiger partial charge is 0.125 e. The van der Waals surface area contributed by atoms with Gasteiger partial charge in [-0.05, 0) is 26.0 Å². The first kappa shape index (κ1) is 12.6. The second-order valence-electron chi connectivity index (χ2n) is 4.28. The summed E-state index contributed by atoms with van der Waals surface area (Å²) < 4.78 is 7.08. The Bertz CT molecular complexity index is 534. The Labute approximate surface area is 107 Å². The summed E-state index contributed by atoms with van der Waals surface area (Å²) in [6, 6.07) is 5.77. The normalized spacial score (nSPS) is 12.4. The lowest BCUT2D eigenvalue weighted by molar-refractivity contribution is 0.214. The van der Waals surface area contributed by atoms with E-state index in [-0.39, 0.29) is 0 Å². The van der Waals surface area contributed by atoms with Gasteiger partial charge in [-0.25, -0.2) is 0 Å². The third-order valence-corrected chi connectivity index (χ3v) is 2.97. The topological polar surface area (TPSA) is 47.3 Å². The van der Waals surface area contributed by atoms with E-state index >= 15 is 0 Å². The third-order valence-electron chi connectivity index (χ3n) is 2.97. The fraction of sp³-hybridized carbons (Fsp3) is 0.357. The van der Waals surface area contributed by atoms with Crippen LogP contribution < -0.4 is 4.74 Å². The van der Waals surface area contributed by atoms with Crippen LogP contribution in [0.4, 0.5) is 0 Å². The van der Waals surface area contributed by atoms with Crippen molar-refractivity contribution in [3.05, 3.63) is 47.3 Å². The van der Waals surface area contributed by atoms with Crippen LogP contribution in [0, 0.1) is 6.92 Å².